The molecular formula is C9H14N4O2S. The van der Waals surface area contributed by atoms with Gasteiger partial charge in [-0.2, -0.15) is 0 Å². The van der Waals surface area contributed by atoms with Crippen molar-refractivity contribution in [2.24, 2.45) is 5.92 Å². The van der Waals surface area contributed by atoms with Crippen molar-refractivity contribution in [3.63, 3.8) is 0 Å². The lowest BCUT2D eigenvalue weighted by Crippen LogP contribution is -2.16. The molecule has 7 heteroatoms. The molecule has 16 heavy (non-hydrogen) atoms. The van der Waals surface area contributed by atoms with E-state index in [9.17, 15) is 8.42 Å². The van der Waals surface area contributed by atoms with Crippen LogP contribution in [0, 0.1) is 5.92 Å². The lowest BCUT2D eigenvalue weighted by atomic mass is 10.1. The highest BCUT2D eigenvalue weighted by Gasteiger charge is 2.27. The Morgan fingerprint density at radius 3 is 2.94 bits per heavy atom. The van der Waals surface area contributed by atoms with Crippen molar-refractivity contribution in [3.05, 3.63) is 12.4 Å². The molecule has 0 saturated carbocycles. The van der Waals surface area contributed by atoms with Gasteiger partial charge in [-0.3, -0.25) is 0 Å². The van der Waals surface area contributed by atoms with Crippen LogP contribution in [0.25, 0.3) is 0 Å². The molecule has 1 unspecified atom stereocenters. The lowest BCUT2D eigenvalue weighted by Gasteiger charge is -2.09. The minimum absolute atomic E-state index is 0.168. The molecule has 1 saturated heterocycles. The molecule has 1 aromatic rings. The molecule has 0 radical (unpaired) electrons. The Bertz CT molecular complexity index is 474. The van der Waals surface area contributed by atoms with Crippen molar-refractivity contribution < 1.29 is 8.42 Å². The molecule has 1 aliphatic heterocycles. The van der Waals surface area contributed by atoms with Gasteiger partial charge in [-0.25, -0.2) is 18.4 Å². The zero-order chi connectivity index (χ0) is 11.6. The van der Waals surface area contributed by atoms with Crippen molar-refractivity contribution in [3.8, 4) is 0 Å². The van der Waals surface area contributed by atoms with Gasteiger partial charge in [-0.15, -0.1) is 0 Å². The molecule has 0 spiro atoms. The molecule has 0 amide bonds. The van der Waals surface area contributed by atoms with E-state index in [-0.39, 0.29) is 11.7 Å². The summed E-state index contributed by atoms with van der Waals surface area (Å²) in [4.78, 5) is 7.76. The Morgan fingerprint density at radius 2 is 2.31 bits per heavy atom. The van der Waals surface area contributed by atoms with E-state index >= 15 is 0 Å². The third kappa shape index (κ3) is 2.82. The van der Waals surface area contributed by atoms with Crippen molar-refractivity contribution in [2.45, 2.75) is 6.42 Å². The molecular weight excluding hydrogens is 228 g/mol. The molecule has 1 atom stereocenters. The highest BCUT2D eigenvalue weighted by Crippen LogP contribution is 2.18. The summed E-state index contributed by atoms with van der Waals surface area (Å²) >= 11 is 0. The predicted molar refractivity (Wildman–Crippen MR) is 61.7 cm³/mol. The van der Waals surface area contributed by atoms with Crippen LogP contribution in [-0.2, 0) is 9.84 Å². The van der Waals surface area contributed by atoms with Crippen LogP contribution in [0.3, 0.4) is 0 Å². The summed E-state index contributed by atoms with van der Waals surface area (Å²) in [6, 6.07) is 1.63. The summed E-state index contributed by atoms with van der Waals surface area (Å²) in [5, 5.41) is 3.07. The summed E-state index contributed by atoms with van der Waals surface area (Å²) in [5.41, 5.74) is 5.50. The number of hydrogen-bond donors (Lipinski definition) is 2. The van der Waals surface area contributed by atoms with Gasteiger partial charge in [0, 0.05) is 12.6 Å². The fourth-order valence-electron chi connectivity index (χ4n) is 1.75. The number of nitrogens with two attached hydrogens (primary N) is 1. The monoisotopic (exact) mass is 242 g/mol. The number of aromatic nitrogens is 2. The molecule has 2 heterocycles. The SMILES string of the molecule is Nc1cc(NCC2CCS(=O)(=O)C2)ncn1. The number of sulfone groups is 1. The molecule has 0 aliphatic carbocycles. The Kier molecular flexibility index (Phi) is 2.95. The first kappa shape index (κ1) is 11.1. The van der Waals surface area contributed by atoms with Crippen LogP contribution >= 0.6 is 0 Å². The minimum Gasteiger partial charge on any atom is -0.384 e. The predicted octanol–water partition coefficient (Wildman–Crippen LogP) is -0.0946. The standard InChI is InChI=1S/C9H14N4O2S/c10-8-3-9(13-6-12-8)11-4-7-1-2-16(14,15)5-7/h3,6-7H,1-2,4-5H2,(H3,10,11,12,13). The molecule has 2 rings (SSSR count). The molecule has 1 aromatic heterocycles. The molecule has 88 valence electrons. The van der Waals surface area contributed by atoms with Gasteiger partial charge in [-0.05, 0) is 12.3 Å². The fourth-order valence-corrected chi connectivity index (χ4v) is 3.61. The first-order chi connectivity index (χ1) is 7.55. The number of rotatable bonds is 3. The van der Waals surface area contributed by atoms with Gasteiger partial charge in [0.05, 0.1) is 11.5 Å². The second kappa shape index (κ2) is 4.25. The van der Waals surface area contributed by atoms with Gasteiger partial charge >= 0.3 is 0 Å². The van der Waals surface area contributed by atoms with Gasteiger partial charge in [0.1, 0.15) is 18.0 Å². The summed E-state index contributed by atoms with van der Waals surface area (Å²) in [6.07, 6.45) is 2.10. The number of nitrogens with one attached hydrogen (secondary N) is 1. The Morgan fingerprint density at radius 1 is 1.50 bits per heavy atom. The van der Waals surface area contributed by atoms with E-state index in [1.165, 1.54) is 6.33 Å². The third-order valence-corrected chi connectivity index (χ3v) is 4.42. The van der Waals surface area contributed by atoms with Gasteiger partial charge in [0.15, 0.2) is 9.84 Å². The van der Waals surface area contributed by atoms with Crippen LogP contribution in [0.4, 0.5) is 11.6 Å². The first-order valence-electron chi connectivity index (χ1n) is 5.07. The second-order valence-corrected chi connectivity index (χ2v) is 6.21. The summed E-state index contributed by atoms with van der Waals surface area (Å²) in [5.74, 6) is 1.76. The maximum Gasteiger partial charge on any atom is 0.150 e. The van der Waals surface area contributed by atoms with Crippen molar-refractivity contribution in [1.29, 1.82) is 0 Å². The fraction of sp³-hybridized carbons (Fsp3) is 0.556. The zero-order valence-corrected chi connectivity index (χ0v) is 9.57. The topological polar surface area (TPSA) is 98.0 Å². The molecule has 0 aromatic carbocycles. The van der Waals surface area contributed by atoms with E-state index in [0.29, 0.717) is 23.9 Å². The minimum atomic E-state index is -2.81. The van der Waals surface area contributed by atoms with E-state index in [2.05, 4.69) is 15.3 Å². The van der Waals surface area contributed by atoms with Crippen molar-refractivity contribution in [1.82, 2.24) is 9.97 Å². The highest BCUT2D eigenvalue weighted by molar-refractivity contribution is 7.91. The van der Waals surface area contributed by atoms with Gasteiger partial charge in [-0.1, -0.05) is 0 Å². The Hall–Kier alpha value is -1.37. The maximum absolute atomic E-state index is 11.2. The van der Waals surface area contributed by atoms with Crippen LogP contribution < -0.4 is 11.1 Å². The van der Waals surface area contributed by atoms with Crippen LogP contribution in [0.2, 0.25) is 0 Å². The van der Waals surface area contributed by atoms with E-state index < -0.39 is 9.84 Å². The lowest BCUT2D eigenvalue weighted by molar-refractivity contribution is 0.595. The molecule has 1 fully saturated rings. The summed E-state index contributed by atoms with van der Waals surface area (Å²) < 4.78 is 22.5. The number of hydrogen-bond acceptors (Lipinski definition) is 6. The number of anilines is 2. The Balaban J connectivity index is 1.89. The highest BCUT2D eigenvalue weighted by atomic mass is 32.2. The number of nitrogen functional groups attached to an aromatic ring is 1. The average molecular weight is 242 g/mol. The van der Waals surface area contributed by atoms with Crippen LogP contribution in [0.5, 0.6) is 0 Å². The van der Waals surface area contributed by atoms with Crippen LogP contribution in [0.1, 0.15) is 6.42 Å². The number of nitrogens with zero attached hydrogens (tertiary/aromatic N) is 2. The van der Waals surface area contributed by atoms with E-state index in [1.807, 2.05) is 0 Å². The zero-order valence-electron chi connectivity index (χ0n) is 8.76. The third-order valence-electron chi connectivity index (χ3n) is 2.59. The maximum atomic E-state index is 11.2. The van der Waals surface area contributed by atoms with Crippen LogP contribution in [-0.4, -0.2) is 36.4 Å². The average Bonchev–Trinajstić information content (AvgIpc) is 2.56. The second-order valence-electron chi connectivity index (χ2n) is 3.98. The quantitative estimate of drug-likeness (QED) is 0.768. The smallest absolute Gasteiger partial charge is 0.150 e. The van der Waals surface area contributed by atoms with E-state index in [4.69, 9.17) is 5.73 Å². The Labute approximate surface area is 94.2 Å². The van der Waals surface area contributed by atoms with Crippen molar-refractivity contribution in [2.75, 3.05) is 29.1 Å². The normalized spacial score (nSPS) is 23.1. The molecule has 0 bridgehead atoms. The van der Waals surface area contributed by atoms with Crippen LogP contribution in [0.15, 0.2) is 12.4 Å². The van der Waals surface area contributed by atoms with E-state index in [0.717, 1.165) is 6.42 Å². The van der Waals surface area contributed by atoms with E-state index in [1.54, 1.807) is 6.07 Å². The molecule has 6 nitrogen and oxygen atoms in total. The first-order valence-corrected chi connectivity index (χ1v) is 6.89. The molecule has 1 aliphatic rings. The summed E-state index contributed by atoms with van der Waals surface area (Å²) in [6.45, 7) is 0.607. The van der Waals surface area contributed by atoms with Gasteiger partial charge in [0.25, 0.3) is 0 Å². The van der Waals surface area contributed by atoms with Gasteiger partial charge < -0.3 is 11.1 Å². The molecule has 3 N–H and O–H groups in total. The van der Waals surface area contributed by atoms with Crippen molar-refractivity contribution >= 4 is 21.5 Å². The van der Waals surface area contributed by atoms with Gasteiger partial charge in [0.2, 0.25) is 0 Å². The largest absolute Gasteiger partial charge is 0.384 e. The summed E-state index contributed by atoms with van der Waals surface area (Å²) in [7, 11) is -2.81.